The van der Waals surface area contributed by atoms with Gasteiger partial charge in [-0.15, -0.1) is 11.6 Å². The highest BCUT2D eigenvalue weighted by atomic mass is 35.5. The highest BCUT2D eigenvalue weighted by Crippen LogP contribution is 2.40. The maximum atomic E-state index is 12.8. The van der Waals surface area contributed by atoms with Gasteiger partial charge >= 0.3 is 6.18 Å². The lowest BCUT2D eigenvalue weighted by atomic mass is 10.0. The number of likely N-dealkylation sites (tertiary alicyclic amines) is 1. The first-order valence-corrected chi connectivity index (χ1v) is 5.22. The van der Waals surface area contributed by atoms with Crippen LogP contribution in [0.5, 0.6) is 0 Å². The van der Waals surface area contributed by atoms with Crippen molar-refractivity contribution in [3.63, 3.8) is 0 Å². The molecule has 0 aromatic heterocycles. The van der Waals surface area contributed by atoms with E-state index < -0.39 is 29.6 Å². The molecule has 0 spiro atoms. The predicted molar refractivity (Wildman–Crippen MR) is 52.3 cm³/mol. The molecular formula is C9H13ClF3NO2. The van der Waals surface area contributed by atoms with Crippen LogP contribution in [-0.4, -0.2) is 48.2 Å². The van der Waals surface area contributed by atoms with E-state index in [1.807, 2.05) is 0 Å². The fraction of sp³-hybridized carbons (Fsp3) is 0.889. The number of carbonyl (C=O) groups excluding carboxylic acids is 1. The fourth-order valence-corrected chi connectivity index (χ4v) is 1.87. The van der Waals surface area contributed by atoms with Crippen LogP contribution >= 0.6 is 11.6 Å². The first-order valence-electron chi connectivity index (χ1n) is 4.78. The second kappa shape index (κ2) is 4.41. The molecule has 1 aliphatic rings. The number of alkyl halides is 4. The van der Waals surface area contributed by atoms with Gasteiger partial charge in [0.15, 0.2) is 5.60 Å². The van der Waals surface area contributed by atoms with Gasteiger partial charge < -0.3 is 9.64 Å². The number of nitrogens with zero attached hydrogens (tertiary/aromatic N) is 1. The lowest BCUT2D eigenvalue weighted by molar-refractivity contribution is -0.263. The van der Waals surface area contributed by atoms with Crippen molar-refractivity contribution in [3.05, 3.63) is 0 Å². The van der Waals surface area contributed by atoms with Gasteiger partial charge in [-0.2, -0.15) is 13.2 Å². The Morgan fingerprint density at radius 1 is 1.56 bits per heavy atom. The summed E-state index contributed by atoms with van der Waals surface area (Å²) >= 11 is 5.55. The molecule has 7 heteroatoms. The second-order valence-corrected chi connectivity index (χ2v) is 4.48. The molecule has 0 bridgehead atoms. The molecule has 0 aromatic carbocycles. The number of hydrogen-bond donors (Lipinski definition) is 0. The highest BCUT2D eigenvalue weighted by molar-refractivity contribution is 6.30. The zero-order chi connectivity index (χ0) is 12.6. The lowest BCUT2D eigenvalue weighted by Gasteiger charge is -2.30. The van der Waals surface area contributed by atoms with Gasteiger partial charge in [0.25, 0.3) is 0 Å². The third-order valence-corrected chi connectivity index (χ3v) is 2.98. The van der Waals surface area contributed by atoms with Crippen molar-refractivity contribution in [1.29, 1.82) is 0 Å². The Hall–Kier alpha value is -0.490. The molecule has 1 fully saturated rings. The number of ether oxygens (including phenoxy) is 1. The Morgan fingerprint density at radius 2 is 2.12 bits per heavy atom. The Labute approximate surface area is 96.5 Å². The van der Waals surface area contributed by atoms with Gasteiger partial charge in [0.1, 0.15) is 5.38 Å². The number of halogens is 4. The van der Waals surface area contributed by atoms with E-state index in [9.17, 15) is 18.0 Å². The molecule has 3 nitrogen and oxygen atoms in total. The summed E-state index contributed by atoms with van der Waals surface area (Å²) in [5, 5.41) is -0.819. The van der Waals surface area contributed by atoms with Gasteiger partial charge in [-0.05, 0) is 6.92 Å². The van der Waals surface area contributed by atoms with Crippen molar-refractivity contribution in [2.75, 3.05) is 20.2 Å². The van der Waals surface area contributed by atoms with Crippen LogP contribution in [0.3, 0.4) is 0 Å². The Morgan fingerprint density at radius 3 is 2.44 bits per heavy atom. The van der Waals surface area contributed by atoms with E-state index in [0.29, 0.717) is 0 Å². The summed E-state index contributed by atoms with van der Waals surface area (Å²) in [7, 11) is 1.01. The minimum atomic E-state index is -4.48. The average molecular weight is 260 g/mol. The Bertz CT molecular complexity index is 282. The summed E-state index contributed by atoms with van der Waals surface area (Å²) in [6, 6.07) is 0. The quantitative estimate of drug-likeness (QED) is 0.708. The largest absolute Gasteiger partial charge is 0.419 e. The normalized spacial score (nSPS) is 28.2. The van der Waals surface area contributed by atoms with Gasteiger partial charge in [-0.3, -0.25) is 4.79 Å². The molecule has 1 saturated heterocycles. The molecule has 1 amide bonds. The minimum absolute atomic E-state index is 0.0171. The van der Waals surface area contributed by atoms with Crippen LogP contribution in [0.15, 0.2) is 0 Å². The molecule has 0 unspecified atom stereocenters. The standard InChI is InChI=1S/C9H13ClF3NO2/c1-6(10)7(15)14-4-3-8(5-14,16-2)9(11,12)13/h6H,3-5H2,1-2H3/t6-,8+/m1/s1. The summed E-state index contributed by atoms with van der Waals surface area (Å²) in [5.74, 6) is -0.496. The third kappa shape index (κ3) is 2.27. The Balaban J connectivity index is 2.80. The van der Waals surface area contributed by atoms with Crippen LogP contribution in [0.25, 0.3) is 0 Å². The highest BCUT2D eigenvalue weighted by Gasteiger charge is 2.59. The van der Waals surface area contributed by atoms with E-state index in [4.69, 9.17) is 11.6 Å². The molecule has 0 aromatic rings. The van der Waals surface area contributed by atoms with Gasteiger partial charge in [-0.1, -0.05) is 0 Å². The van der Waals surface area contributed by atoms with Gasteiger partial charge in [0.05, 0.1) is 6.54 Å². The van der Waals surface area contributed by atoms with Crippen LogP contribution in [0, 0.1) is 0 Å². The second-order valence-electron chi connectivity index (χ2n) is 3.82. The van der Waals surface area contributed by atoms with Gasteiger partial charge in [0, 0.05) is 20.1 Å². The number of carbonyl (C=O) groups is 1. The van der Waals surface area contributed by atoms with E-state index in [1.165, 1.54) is 6.92 Å². The van der Waals surface area contributed by atoms with E-state index in [1.54, 1.807) is 0 Å². The molecule has 0 radical (unpaired) electrons. The van der Waals surface area contributed by atoms with Crippen LogP contribution in [0.4, 0.5) is 13.2 Å². The molecule has 0 saturated carbocycles. The van der Waals surface area contributed by atoms with Gasteiger partial charge in [0.2, 0.25) is 5.91 Å². The first kappa shape index (κ1) is 13.6. The number of rotatable bonds is 2. The zero-order valence-electron chi connectivity index (χ0n) is 8.97. The summed E-state index contributed by atoms with van der Waals surface area (Å²) < 4.78 is 42.8. The molecular weight excluding hydrogens is 247 g/mol. The molecule has 16 heavy (non-hydrogen) atoms. The smallest absolute Gasteiger partial charge is 0.367 e. The van der Waals surface area contributed by atoms with Crippen molar-refractivity contribution in [2.24, 2.45) is 0 Å². The van der Waals surface area contributed by atoms with Crippen molar-refractivity contribution >= 4 is 17.5 Å². The van der Waals surface area contributed by atoms with Crippen molar-refractivity contribution in [3.8, 4) is 0 Å². The number of amides is 1. The fourth-order valence-electron chi connectivity index (χ4n) is 1.74. The van der Waals surface area contributed by atoms with Crippen molar-refractivity contribution < 1.29 is 22.7 Å². The van der Waals surface area contributed by atoms with Crippen LogP contribution in [0.1, 0.15) is 13.3 Å². The summed E-state index contributed by atoms with van der Waals surface area (Å²) in [6.07, 6.45) is -4.73. The first-order chi connectivity index (χ1) is 7.23. The van der Waals surface area contributed by atoms with E-state index in [-0.39, 0.29) is 13.0 Å². The number of hydrogen-bond acceptors (Lipinski definition) is 2. The minimum Gasteiger partial charge on any atom is -0.367 e. The molecule has 0 aliphatic carbocycles. The molecule has 94 valence electrons. The molecule has 0 N–H and O–H groups in total. The predicted octanol–water partition coefficient (Wildman–Crippen LogP) is 1.79. The molecule has 1 rings (SSSR count). The topological polar surface area (TPSA) is 29.5 Å². The van der Waals surface area contributed by atoms with Crippen molar-refractivity contribution in [2.45, 2.75) is 30.5 Å². The monoisotopic (exact) mass is 259 g/mol. The van der Waals surface area contributed by atoms with E-state index >= 15 is 0 Å². The molecule has 1 heterocycles. The molecule has 1 aliphatic heterocycles. The van der Waals surface area contributed by atoms with E-state index in [2.05, 4.69) is 4.74 Å². The number of methoxy groups -OCH3 is 1. The van der Waals surface area contributed by atoms with Crippen LogP contribution in [0.2, 0.25) is 0 Å². The summed E-state index contributed by atoms with van der Waals surface area (Å²) in [6.45, 7) is 0.969. The Kier molecular flexibility index (Phi) is 3.74. The average Bonchev–Trinajstić information content (AvgIpc) is 2.60. The maximum absolute atomic E-state index is 12.8. The van der Waals surface area contributed by atoms with Crippen LogP contribution < -0.4 is 0 Å². The maximum Gasteiger partial charge on any atom is 0.419 e. The van der Waals surface area contributed by atoms with Gasteiger partial charge in [-0.25, -0.2) is 0 Å². The SMILES string of the molecule is CO[C@@]1(C(F)(F)F)CCN(C(=O)[C@@H](C)Cl)C1. The van der Waals surface area contributed by atoms with E-state index in [0.717, 1.165) is 12.0 Å². The zero-order valence-corrected chi connectivity index (χ0v) is 9.73. The summed E-state index contributed by atoms with van der Waals surface area (Å²) in [4.78, 5) is 12.5. The third-order valence-electron chi connectivity index (χ3n) is 2.79. The van der Waals surface area contributed by atoms with Crippen LogP contribution in [-0.2, 0) is 9.53 Å². The van der Waals surface area contributed by atoms with Crippen molar-refractivity contribution in [1.82, 2.24) is 4.90 Å². The summed E-state index contributed by atoms with van der Waals surface area (Å²) in [5.41, 5.74) is -2.24. The lowest BCUT2D eigenvalue weighted by Crippen LogP contribution is -2.50. The molecule has 2 atom stereocenters.